The molecule has 4 rings (SSSR count). The molecule has 0 aliphatic carbocycles. The number of para-hydroxylation sites is 1. The van der Waals surface area contributed by atoms with Gasteiger partial charge in [0.2, 0.25) is 0 Å². The zero-order valence-corrected chi connectivity index (χ0v) is 13.6. The highest BCUT2D eigenvalue weighted by Crippen LogP contribution is 2.28. The maximum atomic E-state index is 12.5. The summed E-state index contributed by atoms with van der Waals surface area (Å²) in [4.78, 5) is 14.4. The predicted molar refractivity (Wildman–Crippen MR) is 90.1 cm³/mol. The quantitative estimate of drug-likeness (QED) is 0.909. The molecule has 2 aliphatic rings. The fraction of sp³-hybridized carbons (Fsp3) is 0.444. The van der Waals surface area contributed by atoms with E-state index in [1.54, 1.807) is 0 Å². The van der Waals surface area contributed by atoms with E-state index in [2.05, 4.69) is 21.6 Å². The van der Waals surface area contributed by atoms with Crippen LogP contribution in [0.5, 0.6) is 5.75 Å². The van der Waals surface area contributed by atoms with Gasteiger partial charge in [-0.15, -0.1) is 0 Å². The van der Waals surface area contributed by atoms with Crippen LogP contribution in [0.2, 0.25) is 0 Å². The third kappa shape index (κ3) is 3.09. The lowest BCUT2D eigenvalue weighted by atomic mass is 9.93. The summed E-state index contributed by atoms with van der Waals surface area (Å²) < 4.78 is 5.88. The Labute approximate surface area is 141 Å². The lowest BCUT2D eigenvalue weighted by molar-refractivity contribution is 0.170. The number of hydrogen-bond acceptors (Lipinski definition) is 3. The topological polar surface area (TPSA) is 70.2 Å². The molecule has 24 heavy (non-hydrogen) atoms. The van der Waals surface area contributed by atoms with Crippen LogP contribution in [0.15, 0.2) is 36.7 Å². The zero-order chi connectivity index (χ0) is 16.4. The Kier molecular flexibility index (Phi) is 4.11. The number of piperidine rings is 1. The van der Waals surface area contributed by atoms with Crippen LogP contribution in [0.25, 0.3) is 0 Å². The summed E-state index contributed by atoms with van der Waals surface area (Å²) in [5.41, 5.74) is 2.40. The molecule has 2 amide bonds. The summed E-state index contributed by atoms with van der Waals surface area (Å²) in [6, 6.07) is 8.06. The first-order valence-corrected chi connectivity index (χ1v) is 8.55. The molecule has 1 aromatic heterocycles. The normalized spacial score (nSPS) is 22.8. The molecule has 2 aromatic rings. The number of urea groups is 1. The molecule has 1 fully saturated rings. The number of rotatable bonds is 3. The van der Waals surface area contributed by atoms with Crippen molar-refractivity contribution in [3.05, 3.63) is 47.8 Å². The minimum Gasteiger partial charge on any atom is -0.488 e. The van der Waals surface area contributed by atoms with Gasteiger partial charge < -0.3 is 15.0 Å². The Morgan fingerprint density at radius 3 is 3.17 bits per heavy atom. The summed E-state index contributed by atoms with van der Waals surface area (Å²) in [6.07, 6.45) is 6.79. The first-order valence-electron chi connectivity index (χ1n) is 8.55. The Hall–Kier alpha value is -2.50. The van der Waals surface area contributed by atoms with Crippen LogP contribution in [0.1, 0.15) is 29.9 Å². The fourth-order valence-corrected chi connectivity index (χ4v) is 3.60. The van der Waals surface area contributed by atoms with Gasteiger partial charge in [0.25, 0.3) is 0 Å². The summed E-state index contributed by atoms with van der Waals surface area (Å²) in [5, 5.41) is 9.91. The number of ether oxygens (including phenoxy) is 1. The Bertz CT molecular complexity index is 676. The molecule has 6 nitrogen and oxygen atoms in total. The van der Waals surface area contributed by atoms with Crippen LogP contribution >= 0.6 is 0 Å². The van der Waals surface area contributed by atoms with E-state index >= 15 is 0 Å². The Balaban J connectivity index is 1.29. The molecule has 2 N–H and O–H groups in total. The molecule has 0 saturated carbocycles. The van der Waals surface area contributed by atoms with Crippen LogP contribution in [0.4, 0.5) is 4.79 Å². The number of amides is 2. The number of aromatic nitrogens is 2. The molecule has 0 spiro atoms. The lowest BCUT2D eigenvalue weighted by Gasteiger charge is -2.32. The molecule has 6 heteroatoms. The Morgan fingerprint density at radius 2 is 2.33 bits per heavy atom. The first-order chi connectivity index (χ1) is 11.8. The monoisotopic (exact) mass is 326 g/mol. The fourth-order valence-electron chi connectivity index (χ4n) is 3.60. The molecule has 0 bridgehead atoms. The number of carbonyl (C=O) groups excluding carboxylic acids is 1. The second-order valence-electron chi connectivity index (χ2n) is 6.55. The van der Waals surface area contributed by atoms with E-state index in [4.69, 9.17) is 4.74 Å². The van der Waals surface area contributed by atoms with E-state index in [9.17, 15) is 4.79 Å². The van der Waals surface area contributed by atoms with Crippen molar-refractivity contribution in [2.75, 3.05) is 19.6 Å². The highest BCUT2D eigenvalue weighted by Gasteiger charge is 2.27. The molecular formula is C18H22N4O2. The Morgan fingerprint density at radius 1 is 1.42 bits per heavy atom. The first kappa shape index (κ1) is 15.1. The smallest absolute Gasteiger partial charge is 0.317 e. The average molecular weight is 326 g/mol. The number of H-pyrrole nitrogens is 1. The van der Waals surface area contributed by atoms with E-state index in [0.29, 0.717) is 12.5 Å². The van der Waals surface area contributed by atoms with Crippen molar-refractivity contribution in [3.8, 4) is 5.75 Å². The molecule has 3 heterocycles. The third-order valence-corrected chi connectivity index (χ3v) is 4.89. The van der Waals surface area contributed by atoms with Crippen LogP contribution in [0.3, 0.4) is 0 Å². The van der Waals surface area contributed by atoms with E-state index in [-0.39, 0.29) is 12.1 Å². The highest BCUT2D eigenvalue weighted by molar-refractivity contribution is 5.74. The summed E-state index contributed by atoms with van der Waals surface area (Å²) in [6.45, 7) is 2.10. The molecular weight excluding hydrogens is 304 g/mol. The maximum Gasteiger partial charge on any atom is 0.317 e. The molecule has 2 aliphatic heterocycles. The van der Waals surface area contributed by atoms with E-state index in [0.717, 1.165) is 38.1 Å². The standard InChI is InChI=1S/C18H22N4O2/c23-18(19-11-16-8-13-4-1-2-6-17(13)24-16)22-7-3-5-14(12-22)15-9-20-21-10-15/h1-2,4,6,9-10,14,16H,3,5,7-8,11-12H2,(H,19,23)(H,20,21)/t14-,16-/m0/s1. The second kappa shape index (κ2) is 6.55. The molecule has 2 atom stereocenters. The van der Waals surface area contributed by atoms with Gasteiger partial charge in [-0.3, -0.25) is 5.10 Å². The SMILES string of the molecule is O=C(NC[C@@H]1Cc2ccccc2O1)N1CCC[C@H](c2cn[nH]c2)C1. The van der Waals surface area contributed by atoms with Gasteiger partial charge in [0.1, 0.15) is 11.9 Å². The van der Waals surface area contributed by atoms with Crippen LogP contribution in [-0.4, -0.2) is 46.9 Å². The number of hydrogen-bond donors (Lipinski definition) is 2. The van der Waals surface area contributed by atoms with Crippen molar-refractivity contribution in [1.82, 2.24) is 20.4 Å². The number of nitrogens with zero attached hydrogens (tertiary/aromatic N) is 2. The van der Waals surface area contributed by atoms with E-state index < -0.39 is 0 Å². The number of nitrogens with one attached hydrogen (secondary N) is 2. The van der Waals surface area contributed by atoms with Crippen molar-refractivity contribution in [3.63, 3.8) is 0 Å². The zero-order valence-electron chi connectivity index (χ0n) is 13.6. The van der Waals surface area contributed by atoms with E-state index in [1.165, 1.54) is 11.1 Å². The lowest BCUT2D eigenvalue weighted by Crippen LogP contribution is -2.47. The van der Waals surface area contributed by atoms with Crippen molar-refractivity contribution < 1.29 is 9.53 Å². The number of fused-ring (bicyclic) bond motifs is 1. The number of likely N-dealkylation sites (tertiary alicyclic amines) is 1. The average Bonchev–Trinajstić information content (AvgIpc) is 3.29. The van der Waals surface area contributed by atoms with E-state index in [1.807, 2.05) is 35.5 Å². The van der Waals surface area contributed by atoms with Gasteiger partial charge in [-0.05, 0) is 30.0 Å². The van der Waals surface area contributed by atoms with Crippen molar-refractivity contribution >= 4 is 6.03 Å². The van der Waals surface area contributed by atoms with Gasteiger partial charge in [-0.25, -0.2) is 4.79 Å². The largest absolute Gasteiger partial charge is 0.488 e. The van der Waals surface area contributed by atoms with Crippen molar-refractivity contribution in [2.45, 2.75) is 31.3 Å². The van der Waals surface area contributed by atoms with Crippen LogP contribution in [-0.2, 0) is 6.42 Å². The highest BCUT2D eigenvalue weighted by atomic mass is 16.5. The minimum atomic E-state index is 0.00255. The van der Waals surface area contributed by atoms with Crippen LogP contribution in [0, 0.1) is 0 Å². The van der Waals surface area contributed by atoms with Gasteiger partial charge in [0.15, 0.2) is 0 Å². The van der Waals surface area contributed by atoms with Gasteiger partial charge >= 0.3 is 6.03 Å². The molecule has 126 valence electrons. The number of carbonyl (C=O) groups is 1. The molecule has 0 radical (unpaired) electrons. The predicted octanol–water partition coefficient (Wildman–Crippen LogP) is 2.30. The van der Waals surface area contributed by atoms with Crippen molar-refractivity contribution in [1.29, 1.82) is 0 Å². The second-order valence-corrected chi connectivity index (χ2v) is 6.55. The maximum absolute atomic E-state index is 12.5. The number of aromatic amines is 1. The molecule has 1 aromatic carbocycles. The summed E-state index contributed by atoms with van der Waals surface area (Å²) in [5.74, 6) is 1.31. The van der Waals surface area contributed by atoms with Gasteiger partial charge in [0, 0.05) is 31.6 Å². The van der Waals surface area contributed by atoms with Gasteiger partial charge in [-0.1, -0.05) is 18.2 Å². The van der Waals surface area contributed by atoms with Gasteiger partial charge in [-0.2, -0.15) is 5.10 Å². The third-order valence-electron chi connectivity index (χ3n) is 4.89. The summed E-state index contributed by atoms with van der Waals surface area (Å²) >= 11 is 0. The molecule has 0 unspecified atom stereocenters. The van der Waals surface area contributed by atoms with Crippen LogP contribution < -0.4 is 10.1 Å². The minimum absolute atomic E-state index is 0.00255. The summed E-state index contributed by atoms with van der Waals surface area (Å²) in [7, 11) is 0. The molecule has 1 saturated heterocycles. The van der Waals surface area contributed by atoms with Crippen molar-refractivity contribution in [2.24, 2.45) is 0 Å². The van der Waals surface area contributed by atoms with Gasteiger partial charge in [0.05, 0.1) is 12.7 Å². The number of benzene rings is 1.